The molecule has 1 aliphatic rings. The van der Waals surface area contributed by atoms with Crippen LogP contribution in [0.2, 0.25) is 0 Å². The Morgan fingerprint density at radius 1 is 1.31 bits per heavy atom. The van der Waals surface area contributed by atoms with Gasteiger partial charge in [-0.1, -0.05) is 18.2 Å². The molecule has 79 valence electrons. The van der Waals surface area contributed by atoms with Gasteiger partial charge in [0, 0.05) is 35.2 Å². The zero-order chi connectivity index (χ0) is 10.7. The van der Waals surface area contributed by atoms with Crippen molar-refractivity contribution >= 4 is 71.5 Å². The van der Waals surface area contributed by atoms with E-state index in [0.717, 1.165) is 5.69 Å². The Balaban J connectivity index is 0.00000128. The molecule has 0 aromatic heterocycles. The van der Waals surface area contributed by atoms with E-state index in [1.165, 1.54) is 6.34 Å². The number of rotatable bonds is 2. The van der Waals surface area contributed by atoms with Crippen molar-refractivity contribution < 1.29 is 0 Å². The van der Waals surface area contributed by atoms with Crippen molar-refractivity contribution in [3.8, 4) is 0 Å². The zero-order valence-corrected chi connectivity index (χ0v) is 12.5. The minimum absolute atomic E-state index is 0. The van der Waals surface area contributed by atoms with Gasteiger partial charge >= 0.3 is 0 Å². The maximum absolute atomic E-state index is 4.97. The average Bonchev–Trinajstić information content (AvgIpc) is 2.18. The number of thiocarbonyl (C=S) groups is 1. The molecule has 2 rings (SSSR count). The number of benzene rings is 1. The van der Waals surface area contributed by atoms with Gasteiger partial charge in [-0.05, 0) is 24.4 Å². The van der Waals surface area contributed by atoms with Gasteiger partial charge in [0.2, 0.25) is 0 Å². The van der Waals surface area contributed by atoms with E-state index in [2.05, 4.69) is 33.6 Å². The van der Waals surface area contributed by atoms with Gasteiger partial charge in [0.25, 0.3) is 5.12 Å². The van der Waals surface area contributed by atoms with Crippen LogP contribution in [0.1, 0.15) is 0 Å². The molecule has 0 amide bonds. The third-order valence-corrected chi connectivity index (χ3v) is 2.39. The smallest absolute Gasteiger partial charge is 0.256 e. The van der Waals surface area contributed by atoms with Crippen LogP contribution in [0.15, 0.2) is 35.3 Å². The summed E-state index contributed by atoms with van der Waals surface area (Å²) in [5.74, 6) is 0. The Labute approximate surface area is 127 Å². The Morgan fingerprint density at radius 3 is 2.62 bits per heavy atom. The van der Waals surface area contributed by atoms with Crippen molar-refractivity contribution in [1.29, 1.82) is 0 Å². The predicted molar refractivity (Wildman–Crippen MR) is 74.9 cm³/mol. The predicted octanol–water partition coefficient (Wildman–Crippen LogP) is 0.765. The molecule has 0 aliphatic carbocycles. The van der Waals surface area contributed by atoms with Crippen LogP contribution in [0, 0.1) is 0 Å². The van der Waals surface area contributed by atoms with Gasteiger partial charge in [0.15, 0.2) is 5.11 Å². The monoisotopic (exact) mass is 261 g/mol. The van der Waals surface area contributed by atoms with E-state index >= 15 is 0 Å². The van der Waals surface area contributed by atoms with Crippen LogP contribution in [0.25, 0.3) is 0 Å². The van der Waals surface area contributed by atoms with Gasteiger partial charge in [-0.2, -0.15) is 0 Å². The molecule has 1 atom stereocenters. The molecular weight excluding hydrogens is 251 g/mol. The van der Waals surface area contributed by atoms with Gasteiger partial charge in [0.05, 0.1) is 6.34 Å². The van der Waals surface area contributed by atoms with E-state index in [1.54, 1.807) is 0 Å². The largest absolute Gasteiger partial charge is 0.335 e. The van der Waals surface area contributed by atoms with Crippen LogP contribution in [0.3, 0.4) is 0 Å². The molecule has 1 radical (unpaired) electrons. The van der Waals surface area contributed by atoms with Gasteiger partial charge < -0.3 is 16.0 Å². The summed E-state index contributed by atoms with van der Waals surface area (Å²) in [5, 5.41) is 8.40. The van der Waals surface area contributed by atoms with Crippen LogP contribution < -0.4 is 16.0 Å². The SMILES string of the molecule is S=C1NC=NC(S)(Nc2ccccc2)N1.[Na]. The standard InChI is InChI=1S/C9H10N4S2.Na/c14-8-10-6-11-9(15,13-8)12-7-4-2-1-3-5-7;/h1-6,12,15H,(H2,10,11,13,14);. The van der Waals surface area contributed by atoms with Crippen LogP contribution in [0.5, 0.6) is 0 Å². The maximum atomic E-state index is 4.97. The number of nitrogens with zero attached hydrogens (tertiary/aromatic N) is 1. The molecule has 3 N–H and O–H groups in total. The molecule has 0 spiro atoms. The van der Waals surface area contributed by atoms with Crippen molar-refractivity contribution in [2.45, 2.75) is 5.12 Å². The molecule has 0 saturated heterocycles. The maximum Gasteiger partial charge on any atom is 0.256 e. The number of thiol groups is 1. The number of anilines is 1. The molecule has 16 heavy (non-hydrogen) atoms. The quantitative estimate of drug-likeness (QED) is 0.275. The number of hydrogen-bond donors (Lipinski definition) is 4. The minimum atomic E-state index is -0.885. The molecule has 0 fully saturated rings. The molecule has 4 nitrogen and oxygen atoms in total. The molecule has 1 aromatic carbocycles. The second kappa shape index (κ2) is 5.88. The fourth-order valence-electron chi connectivity index (χ4n) is 1.20. The van der Waals surface area contributed by atoms with E-state index in [1.807, 2.05) is 30.3 Å². The van der Waals surface area contributed by atoms with E-state index in [4.69, 9.17) is 12.2 Å². The third-order valence-electron chi connectivity index (χ3n) is 1.83. The molecule has 1 heterocycles. The van der Waals surface area contributed by atoms with Crippen molar-refractivity contribution in [3.63, 3.8) is 0 Å². The molecule has 0 bridgehead atoms. The summed E-state index contributed by atoms with van der Waals surface area (Å²) in [6, 6.07) is 9.67. The van der Waals surface area contributed by atoms with Gasteiger partial charge in [-0.25, -0.2) is 4.99 Å². The van der Waals surface area contributed by atoms with Gasteiger partial charge in [0.1, 0.15) is 0 Å². The Morgan fingerprint density at radius 2 is 2.00 bits per heavy atom. The van der Waals surface area contributed by atoms with Crippen molar-refractivity contribution in [1.82, 2.24) is 10.6 Å². The first-order valence-corrected chi connectivity index (χ1v) is 5.21. The first kappa shape index (κ1) is 13.8. The van der Waals surface area contributed by atoms with Crippen LogP contribution in [0.4, 0.5) is 5.69 Å². The van der Waals surface area contributed by atoms with Crippen LogP contribution >= 0.6 is 24.8 Å². The summed E-state index contributed by atoms with van der Waals surface area (Å²) in [6.07, 6.45) is 1.52. The first-order chi connectivity index (χ1) is 7.18. The van der Waals surface area contributed by atoms with Crippen LogP contribution in [-0.2, 0) is 0 Å². The van der Waals surface area contributed by atoms with E-state index < -0.39 is 5.12 Å². The van der Waals surface area contributed by atoms with Gasteiger partial charge in [-0.3, -0.25) is 0 Å². The van der Waals surface area contributed by atoms with Crippen LogP contribution in [-0.4, -0.2) is 46.1 Å². The van der Waals surface area contributed by atoms with Crippen molar-refractivity contribution in [2.75, 3.05) is 5.32 Å². The molecule has 1 aliphatic heterocycles. The first-order valence-electron chi connectivity index (χ1n) is 4.36. The van der Waals surface area contributed by atoms with Crippen molar-refractivity contribution in [2.24, 2.45) is 4.99 Å². The fourth-order valence-corrected chi connectivity index (χ4v) is 1.77. The van der Waals surface area contributed by atoms with Crippen molar-refractivity contribution in [3.05, 3.63) is 30.3 Å². The average molecular weight is 261 g/mol. The van der Waals surface area contributed by atoms with Gasteiger partial charge in [-0.15, -0.1) is 12.6 Å². The number of nitrogens with one attached hydrogen (secondary N) is 3. The van der Waals surface area contributed by atoms with E-state index in [9.17, 15) is 0 Å². The summed E-state index contributed by atoms with van der Waals surface area (Å²) < 4.78 is 0. The number of aliphatic imine (C=N–C) groups is 1. The second-order valence-electron chi connectivity index (χ2n) is 3.02. The molecule has 7 heteroatoms. The molecule has 0 saturated carbocycles. The second-order valence-corrected chi connectivity index (χ2v) is 4.08. The molecular formula is C9H10N4NaS2. The molecule has 1 aromatic rings. The topological polar surface area (TPSA) is 48.5 Å². The fraction of sp³-hybridized carbons (Fsp3) is 0.111. The van der Waals surface area contributed by atoms with E-state index in [0.29, 0.717) is 5.11 Å². The summed E-state index contributed by atoms with van der Waals surface area (Å²) in [6.45, 7) is 0. The summed E-state index contributed by atoms with van der Waals surface area (Å²) in [7, 11) is 0. The Kier molecular flexibility index (Phi) is 5.07. The summed E-state index contributed by atoms with van der Waals surface area (Å²) >= 11 is 9.34. The normalized spacial score (nSPS) is 22.7. The number of hydrogen-bond acceptors (Lipinski definition) is 4. The minimum Gasteiger partial charge on any atom is -0.335 e. The Hall–Kier alpha value is -0.270. The zero-order valence-electron chi connectivity index (χ0n) is 8.77. The Bertz CT molecular complexity index is 398. The van der Waals surface area contributed by atoms with E-state index in [-0.39, 0.29) is 29.6 Å². The number of para-hydroxylation sites is 1. The molecule has 1 unspecified atom stereocenters. The third kappa shape index (κ3) is 3.64. The summed E-state index contributed by atoms with van der Waals surface area (Å²) in [5.41, 5.74) is 0.918. The summed E-state index contributed by atoms with van der Waals surface area (Å²) in [4.78, 5) is 4.13.